The van der Waals surface area contributed by atoms with Crippen LogP contribution in [0.5, 0.6) is 5.75 Å². The molecular formula is C24H16F3NO3. The van der Waals surface area contributed by atoms with Crippen molar-refractivity contribution >= 4 is 17.9 Å². The largest absolute Gasteiger partial charge is 0.489 e. The van der Waals surface area contributed by atoms with Gasteiger partial charge in [0, 0.05) is 5.56 Å². The third kappa shape index (κ3) is 5.01. The lowest BCUT2D eigenvalue weighted by Gasteiger charge is -2.06. The van der Waals surface area contributed by atoms with Crippen LogP contribution in [0, 0.1) is 0 Å². The Morgan fingerprint density at radius 3 is 2.23 bits per heavy atom. The summed E-state index contributed by atoms with van der Waals surface area (Å²) in [5.41, 5.74) is 1.32. The van der Waals surface area contributed by atoms with E-state index in [1.807, 2.05) is 30.3 Å². The summed E-state index contributed by atoms with van der Waals surface area (Å²) in [5.74, 6) is -0.0268. The van der Waals surface area contributed by atoms with E-state index in [2.05, 4.69) is 4.99 Å². The van der Waals surface area contributed by atoms with Crippen LogP contribution in [-0.2, 0) is 22.3 Å². The van der Waals surface area contributed by atoms with Crippen LogP contribution in [0.25, 0.3) is 6.08 Å². The number of esters is 1. The van der Waals surface area contributed by atoms with Gasteiger partial charge in [-0.2, -0.15) is 13.2 Å². The third-order valence-corrected chi connectivity index (χ3v) is 4.51. The van der Waals surface area contributed by atoms with Crippen LogP contribution >= 0.6 is 0 Å². The molecule has 156 valence electrons. The molecule has 0 unspecified atom stereocenters. The van der Waals surface area contributed by atoms with Gasteiger partial charge in [0.05, 0.1) is 5.56 Å². The van der Waals surface area contributed by atoms with Crippen molar-refractivity contribution in [1.82, 2.24) is 0 Å². The van der Waals surface area contributed by atoms with Crippen molar-refractivity contribution in [1.29, 1.82) is 0 Å². The van der Waals surface area contributed by atoms with Gasteiger partial charge in [0.15, 0.2) is 5.70 Å². The molecule has 7 heteroatoms. The lowest BCUT2D eigenvalue weighted by atomic mass is 10.1. The Balaban J connectivity index is 1.45. The van der Waals surface area contributed by atoms with Gasteiger partial charge in [-0.25, -0.2) is 9.79 Å². The fraction of sp³-hybridized carbons (Fsp3) is 0.0833. The van der Waals surface area contributed by atoms with Crippen LogP contribution in [0.3, 0.4) is 0 Å². The first-order chi connectivity index (χ1) is 14.9. The molecular weight excluding hydrogens is 407 g/mol. The number of ether oxygens (including phenoxy) is 2. The molecule has 0 spiro atoms. The van der Waals surface area contributed by atoms with Gasteiger partial charge in [0.2, 0.25) is 5.90 Å². The number of halogens is 3. The van der Waals surface area contributed by atoms with Gasteiger partial charge in [0.1, 0.15) is 12.4 Å². The topological polar surface area (TPSA) is 47.9 Å². The fourth-order valence-corrected chi connectivity index (χ4v) is 2.89. The molecule has 0 atom stereocenters. The minimum absolute atomic E-state index is 0.0345. The third-order valence-electron chi connectivity index (χ3n) is 4.51. The van der Waals surface area contributed by atoms with E-state index in [4.69, 9.17) is 9.47 Å². The standard InChI is InChI=1S/C24H16F3NO3/c25-24(26,27)19-10-8-18(9-11-19)22-28-21(23(29)31-22)14-16-6-12-20(13-7-16)30-15-17-4-2-1-3-5-17/h1-14H,15H2. The zero-order chi connectivity index (χ0) is 21.8. The van der Waals surface area contributed by atoms with Gasteiger partial charge >= 0.3 is 12.1 Å². The lowest BCUT2D eigenvalue weighted by Crippen LogP contribution is -2.08. The number of hydrogen-bond donors (Lipinski definition) is 0. The van der Waals surface area contributed by atoms with E-state index in [0.717, 1.165) is 17.7 Å². The molecule has 0 saturated carbocycles. The molecule has 3 aromatic carbocycles. The van der Waals surface area contributed by atoms with Crippen LogP contribution in [0.4, 0.5) is 13.2 Å². The van der Waals surface area contributed by atoms with Crippen molar-refractivity contribution in [3.63, 3.8) is 0 Å². The van der Waals surface area contributed by atoms with Crippen LogP contribution in [-0.4, -0.2) is 11.9 Å². The number of hydrogen-bond acceptors (Lipinski definition) is 4. The molecule has 4 rings (SSSR count). The first-order valence-corrected chi connectivity index (χ1v) is 9.35. The molecule has 3 aromatic rings. The van der Waals surface area contributed by atoms with E-state index < -0.39 is 17.7 Å². The average molecular weight is 423 g/mol. The predicted octanol–water partition coefficient (Wildman–Crippen LogP) is 5.63. The molecule has 0 saturated heterocycles. The van der Waals surface area contributed by atoms with Crippen LogP contribution in [0.2, 0.25) is 0 Å². The average Bonchev–Trinajstić information content (AvgIpc) is 3.14. The Bertz CT molecular complexity index is 1130. The summed E-state index contributed by atoms with van der Waals surface area (Å²) in [4.78, 5) is 16.2. The van der Waals surface area contributed by atoms with Crippen molar-refractivity contribution in [3.05, 3.63) is 107 Å². The van der Waals surface area contributed by atoms with Crippen LogP contribution < -0.4 is 4.74 Å². The number of alkyl halides is 3. The summed E-state index contributed by atoms with van der Waals surface area (Å²) in [6.07, 6.45) is -2.89. The number of nitrogens with zero attached hydrogens (tertiary/aromatic N) is 1. The van der Waals surface area contributed by atoms with Gasteiger partial charge in [-0.05, 0) is 53.6 Å². The molecule has 0 aliphatic carbocycles. The first kappa shape index (κ1) is 20.4. The molecule has 1 aliphatic rings. The fourth-order valence-electron chi connectivity index (χ4n) is 2.89. The number of aliphatic imine (C=N–C) groups is 1. The van der Waals surface area contributed by atoms with Crippen molar-refractivity contribution in [2.75, 3.05) is 0 Å². The smallest absolute Gasteiger partial charge is 0.416 e. The summed E-state index contributed by atoms with van der Waals surface area (Å²) in [5, 5.41) is 0. The number of rotatable bonds is 5. The zero-order valence-corrected chi connectivity index (χ0v) is 16.1. The molecule has 1 heterocycles. The molecule has 0 fully saturated rings. The van der Waals surface area contributed by atoms with Crippen molar-refractivity contribution in [2.24, 2.45) is 4.99 Å². The van der Waals surface area contributed by atoms with Crippen LogP contribution in [0.1, 0.15) is 22.3 Å². The van der Waals surface area contributed by atoms with E-state index in [0.29, 0.717) is 17.9 Å². The Morgan fingerprint density at radius 2 is 1.58 bits per heavy atom. The zero-order valence-electron chi connectivity index (χ0n) is 16.1. The second kappa shape index (κ2) is 8.47. The van der Waals surface area contributed by atoms with Crippen LogP contribution in [0.15, 0.2) is 89.6 Å². The highest BCUT2D eigenvalue weighted by atomic mass is 19.4. The van der Waals surface area contributed by atoms with Gasteiger partial charge < -0.3 is 9.47 Å². The highest BCUT2D eigenvalue weighted by Crippen LogP contribution is 2.30. The van der Waals surface area contributed by atoms with E-state index in [1.54, 1.807) is 30.3 Å². The Hall–Kier alpha value is -3.87. The normalized spacial score (nSPS) is 15.0. The minimum Gasteiger partial charge on any atom is -0.489 e. The quantitative estimate of drug-likeness (QED) is 0.395. The van der Waals surface area contributed by atoms with Gasteiger partial charge in [-0.1, -0.05) is 42.5 Å². The summed E-state index contributed by atoms with van der Waals surface area (Å²) in [6, 6.07) is 21.1. The van der Waals surface area contributed by atoms with E-state index >= 15 is 0 Å². The molecule has 31 heavy (non-hydrogen) atoms. The SMILES string of the molecule is O=C1OC(c2ccc(C(F)(F)F)cc2)=NC1=Cc1ccc(OCc2ccccc2)cc1. The summed E-state index contributed by atoms with van der Waals surface area (Å²) in [7, 11) is 0. The highest BCUT2D eigenvalue weighted by molar-refractivity contribution is 6.12. The van der Waals surface area contributed by atoms with Crippen molar-refractivity contribution < 1.29 is 27.4 Å². The number of carbonyl (C=O) groups excluding carboxylic acids is 1. The summed E-state index contributed by atoms with van der Waals surface area (Å²) in [6.45, 7) is 0.439. The maximum Gasteiger partial charge on any atom is 0.416 e. The Kier molecular flexibility index (Phi) is 5.58. The number of benzene rings is 3. The molecule has 0 bridgehead atoms. The van der Waals surface area contributed by atoms with Gasteiger partial charge in [-0.3, -0.25) is 0 Å². The predicted molar refractivity (Wildman–Crippen MR) is 109 cm³/mol. The maximum atomic E-state index is 12.7. The van der Waals surface area contributed by atoms with Gasteiger partial charge in [-0.15, -0.1) is 0 Å². The number of cyclic esters (lactones) is 1. The second-order valence-electron chi connectivity index (χ2n) is 6.75. The second-order valence-corrected chi connectivity index (χ2v) is 6.75. The molecule has 0 N–H and O–H groups in total. The minimum atomic E-state index is -4.44. The summed E-state index contributed by atoms with van der Waals surface area (Å²) >= 11 is 0. The first-order valence-electron chi connectivity index (χ1n) is 9.35. The van der Waals surface area contributed by atoms with Crippen molar-refractivity contribution in [2.45, 2.75) is 12.8 Å². The molecule has 0 radical (unpaired) electrons. The molecule has 4 nitrogen and oxygen atoms in total. The van der Waals surface area contributed by atoms with E-state index in [-0.39, 0.29) is 17.2 Å². The Labute approximate surface area is 176 Å². The lowest BCUT2D eigenvalue weighted by molar-refractivity contribution is -0.137. The summed E-state index contributed by atoms with van der Waals surface area (Å²) < 4.78 is 48.9. The van der Waals surface area contributed by atoms with Gasteiger partial charge in [0.25, 0.3) is 0 Å². The Morgan fingerprint density at radius 1 is 0.903 bits per heavy atom. The highest BCUT2D eigenvalue weighted by Gasteiger charge is 2.31. The molecule has 0 aromatic heterocycles. The van der Waals surface area contributed by atoms with E-state index in [9.17, 15) is 18.0 Å². The van der Waals surface area contributed by atoms with Crippen molar-refractivity contribution in [3.8, 4) is 5.75 Å². The monoisotopic (exact) mass is 423 g/mol. The number of carbonyl (C=O) groups is 1. The molecule has 0 amide bonds. The maximum absolute atomic E-state index is 12.7. The van der Waals surface area contributed by atoms with E-state index in [1.165, 1.54) is 12.1 Å². The molecule has 1 aliphatic heterocycles.